The summed E-state index contributed by atoms with van der Waals surface area (Å²) in [5, 5.41) is 11.1. The molecule has 0 saturated carbocycles. The highest BCUT2D eigenvalue weighted by Crippen LogP contribution is 2.33. The molecule has 5 heteroatoms. The van der Waals surface area contributed by atoms with Gasteiger partial charge in [-0.3, -0.25) is 15.0 Å². The summed E-state index contributed by atoms with van der Waals surface area (Å²) in [7, 11) is 0. The van der Waals surface area contributed by atoms with Crippen LogP contribution in [0.3, 0.4) is 0 Å². The first kappa shape index (κ1) is 14.9. The number of hydrogen-bond donors (Lipinski definition) is 1. The molecule has 1 fully saturated rings. The van der Waals surface area contributed by atoms with Crippen LogP contribution in [-0.2, 0) is 0 Å². The Morgan fingerprint density at radius 2 is 2.20 bits per heavy atom. The average molecular weight is 277 g/mol. The standard InChI is InChI=1S/C15H23N3O2/c1-11-7-8-17(10-13(11)9-16)12(2)14-5-3-4-6-15(14)18(19)20/h3-6,11-13H,7-10,16H2,1-2H3. The normalized spacial score (nSPS) is 25.4. The Kier molecular flexibility index (Phi) is 4.73. The van der Waals surface area contributed by atoms with E-state index in [1.807, 2.05) is 19.1 Å². The zero-order chi connectivity index (χ0) is 14.7. The summed E-state index contributed by atoms with van der Waals surface area (Å²) < 4.78 is 0. The maximum absolute atomic E-state index is 11.1. The second kappa shape index (κ2) is 6.33. The molecule has 2 N–H and O–H groups in total. The van der Waals surface area contributed by atoms with Gasteiger partial charge in [-0.15, -0.1) is 0 Å². The Bertz CT molecular complexity index is 478. The fourth-order valence-electron chi connectivity index (χ4n) is 3.04. The number of rotatable bonds is 4. The van der Waals surface area contributed by atoms with Gasteiger partial charge >= 0.3 is 0 Å². The van der Waals surface area contributed by atoms with Crippen LogP contribution in [0.5, 0.6) is 0 Å². The van der Waals surface area contributed by atoms with Crippen molar-refractivity contribution in [3.8, 4) is 0 Å². The number of hydrogen-bond acceptors (Lipinski definition) is 4. The Morgan fingerprint density at radius 1 is 1.50 bits per heavy atom. The molecule has 110 valence electrons. The molecule has 3 atom stereocenters. The zero-order valence-electron chi connectivity index (χ0n) is 12.2. The van der Waals surface area contributed by atoms with Crippen molar-refractivity contribution in [2.75, 3.05) is 19.6 Å². The van der Waals surface area contributed by atoms with Crippen LogP contribution in [0, 0.1) is 22.0 Å². The number of para-hydroxylation sites is 1. The maximum Gasteiger partial charge on any atom is 0.274 e. The summed E-state index contributed by atoms with van der Waals surface area (Å²) in [5.74, 6) is 1.11. The van der Waals surface area contributed by atoms with Crippen LogP contribution >= 0.6 is 0 Å². The third-order valence-corrected chi connectivity index (χ3v) is 4.58. The molecule has 3 unspecified atom stereocenters. The SMILES string of the molecule is CC1CCN(C(C)c2ccccc2[N+](=O)[O-])CC1CN. The first-order valence-electron chi connectivity index (χ1n) is 7.22. The van der Waals surface area contributed by atoms with Gasteiger partial charge in [0.2, 0.25) is 0 Å². The van der Waals surface area contributed by atoms with Gasteiger partial charge in [0.1, 0.15) is 0 Å². The van der Waals surface area contributed by atoms with Gasteiger partial charge in [0.15, 0.2) is 0 Å². The number of piperidine rings is 1. The summed E-state index contributed by atoms with van der Waals surface area (Å²) in [6.45, 7) is 6.87. The molecule has 20 heavy (non-hydrogen) atoms. The van der Waals surface area contributed by atoms with Crippen molar-refractivity contribution in [3.05, 3.63) is 39.9 Å². The van der Waals surface area contributed by atoms with Gasteiger partial charge in [0.25, 0.3) is 5.69 Å². The van der Waals surface area contributed by atoms with E-state index in [9.17, 15) is 10.1 Å². The lowest BCUT2D eigenvalue weighted by molar-refractivity contribution is -0.386. The van der Waals surface area contributed by atoms with Gasteiger partial charge in [-0.05, 0) is 38.3 Å². The van der Waals surface area contributed by atoms with Crippen LogP contribution in [0.4, 0.5) is 5.69 Å². The molecule has 0 spiro atoms. The molecule has 0 aliphatic carbocycles. The van der Waals surface area contributed by atoms with Crippen LogP contribution < -0.4 is 5.73 Å². The van der Waals surface area contributed by atoms with Crippen molar-refractivity contribution in [3.63, 3.8) is 0 Å². The molecule has 1 aromatic carbocycles. The van der Waals surface area contributed by atoms with Crippen molar-refractivity contribution in [1.82, 2.24) is 4.90 Å². The molecule has 2 rings (SSSR count). The molecular weight excluding hydrogens is 254 g/mol. The Labute approximate surface area is 119 Å². The summed E-state index contributed by atoms with van der Waals surface area (Å²) in [6, 6.07) is 7.08. The van der Waals surface area contributed by atoms with Crippen LogP contribution in [0.1, 0.15) is 31.9 Å². The summed E-state index contributed by atoms with van der Waals surface area (Å²) >= 11 is 0. The first-order valence-corrected chi connectivity index (χ1v) is 7.22. The van der Waals surface area contributed by atoms with Crippen LogP contribution in [0.2, 0.25) is 0 Å². The molecule has 1 aromatic rings. The minimum atomic E-state index is -0.293. The molecule has 1 aliphatic heterocycles. The number of benzene rings is 1. The second-order valence-electron chi connectivity index (χ2n) is 5.75. The Balaban J connectivity index is 2.19. The maximum atomic E-state index is 11.1. The number of nitro benzene ring substituents is 1. The lowest BCUT2D eigenvalue weighted by Gasteiger charge is -2.39. The number of nitrogens with two attached hydrogens (primary N) is 1. The van der Waals surface area contributed by atoms with E-state index in [0.29, 0.717) is 18.4 Å². The number of nitrogens with zero attached hydrogens (tertiary/aromatic N) is 2. The highest BCUT2D eigenvalue weighted by molar-refractivity contribution is 5.41. The topological polar surface area (TPSA) is 72.4 Å². The molecule has 5 nitrogen and oxygen atoms in total. The highest BCUT2D eigenvalue weighted by atomic mass is 16.6. The van der Waals surface area contributed by atoms with E-state index in [4.69, 9.17) is 5.73 Å². The third kappa shape index (κ3) is 2.99. The monoisotopic (exact) mass is 277 g/mol. The van der Waals surface area contributed by atoms with Crippen molar-refractivity contribution in [2.45, 2.75) is 26.3 Å². The van der Waals surface area contributed by atoms with E-state index in [2.05, 4.69) is 11.8 Å². The molecular formula is C15H23N3O2. The number of nitro groups is 1. The molecule has 1 saturated heterocycles. The Hall–Kier alpha value is -1.46. The largest absolute Gasteiger partial charge is 0.330 e. The van der Waals surface area contributed by atoms with Crippen LogP contribution in [-0.4, -0.2) is 29.5 Å². The predicted molar refractivity (Wildman–Crippen MR) is 79.4 cm³/mol. The van der Waals surface area contributed by atoms with Gasteiger partial charge in [0, 0.05) is 24.2 Å². The van der Waals surface area contributed by atoms with Gasteiger partial charge in [-0.2, -0.15) is 0 Å². The van der Waals surface area contributed by atoms with Crippen LogP contribution in [0.15, 0.2) is 24.3 Å². The summed E-state index contributed by atoms with van der Waals surface area (Å²) in [4.78, 5) is 13.2. The number of likely N-dealkylation sites (tertiary alicyclic amines) is 1. The van der Waals surface area contributed by atoms with E-state index in [1.165, 1.54) is 0 Å². The van der Waals surface area contributed by atoms with Crippen molar-refractivity contribution in [2.24, 2.45) is 17.6 Å². The van der Waals surface area contributed by atoms with Gasteiger partial charge < -0.3 is 5.73 Å². The van der Waals surface area contributed by atoms with Gasteiger partial charge in [-0.1, -0.05) is 25.1 Å². The molecule has 0 radical (unpaired) electrons. The van der Waals surface area contributed by atoms with E-state index in [0.717, 1.165) is 25.1 Å². The lowest BCUT2D eigenvalue weighted by atomic mass is 9.86. The molecule has 0 aromatic heterocycles. The van der Waals surface area contributed by atoms with Crippen LogP contribution in [0.25, 0.3) is 0 Å². The van der Waals surface area contributed by atoms with E-state index in [1.54, 1.807) is 12.1 Å². The smallest absolute Gasteiger partial charge is 0.274 e. The zero-order valence-corrected chi connectivity index (χ0v) is 12.2. The minimum Gasteiger partial charge on any atom is -0.330 e. The fourth-order valence-corrected chi connectivity index (χ4v) is 3.04. The van der Waals surface area contributed by atoms with E-state index in [-0.39, 0.29) is 16.7 Å². The van der Waals surface area contributed by atoms with Gasteiger partial charge in [-0.25, -0.2) is 0 Å². The molecule has 0 bridgehead atoms. The summed E-state index contributed by atoms with van der Waals surface area (Å²) in [6.07, 6.45) is 1.10. The quantitative estimate of drug-likeness (QED) is 0.678. The minimum absolute atomic E-state index is 0.0538. The lowest BCUT2D eigenvalue weighted by Crippen LogP contribution is -2.43. The van der Waals surface area contributed by atoms with Gasteiger partial charge in [0.05, 0.1) is 4.92 Å². The molecule has 1 aliphatic rings. The Morgan fingerprint density at radius 3 is 2.85 bits per heavy atom. The van der Waals surface area contributed by atoms with E-state index >= 15 is 0 Å². The predicted octanol–water partition coefficient (Wildman–Crippen LogP) is 2.57. The average Bonchev–Trinajstić information content (AvgIpc) is 2.47. The molecule has 0 amide bonds. The first-order chi connectivity index (χ1) is 9.54. The molecule has 1 heterocycles. The van der Waals surface area contributed by atoms with Crippen molar-refractivity contribution >= 4 is 5.69 Å². The highest BCUT2D eigenvalue weighted by Gasteiger charge is 2.30. The van der Waals surface area contributed by atoms with E-state index < -0.39 is 0 Å². The third-order valence-electron chi connectivity index (χ3n) is 4.58. The fraction of sp³-hybridized carbons (Fsp3) is 0.600. The second-order valence-corrected chi connectivity index (χ2v) is 5.75. The summed E-state index contributed by atoms with van der Waals surface area (Å²) in [5.41, 5.74) is 6.84. The van der Waals surface area contributed by atoms with Crippen molar-refractivity contribution < 1.29 is 4.92 Å². The van der Waals surface area contributed by atoms with Crippen molar-refractivity contribution in [1.29, 1.82) is 0 Å².